The zero-order chi connectivity index (χ0) is 18.5. The van der Waals surface area contributed by atoms with Gasteiger partial charge in [0.15, 0.2) is 0 Å². The fourth-order valence-corrected chi connectivity index (χ4v) is 3.44. The zero-order valence-electron chi connectivity index (χ0n) is 13.5. The van der Waals surface area contributed by atoms with Crippen LogP contribution in [-0.2, 0) is 0 Å². The van der Waals surface area contributed by atoms with Crippen molar-refractivity contribution in [1.82, 2.24) is 10.6 Å². The maximum Gasteiger partial charge on any atom is 0.317 e. The summed E-state index contributed by atoms with van der Waals surface area (Å²) in [5, 5.41) is 9.21. The van der Waals surface area contributed by atoms with Crippen LogP contribution >= 0.6 is 22.9 Å². The van der Waals surface area contributed by atoms with E-state index in [2.05, 4.69) is 16.0 Å². The van der Waals surface area contributed by atoms with E-state index in [4.69, 9.17) is 17.3 Å². The molecule has 5 N–H and O–H groups in total. The fourth-order valence-electron chi connectivity index (χ4n) is 2.25. The van der Waals surface area contributed by atoms with Gasteiger partial charge in [0, 0.05) is 22.3 Å². The number of hydrogen-bond acceptors (Lipinski definition) is 4. The highest BCUT2D eigenvalue weighted by Crippen LogP contribution is 2.36. The number of urea groups is 1. The first-order valence-corrected chi connectivity index (χ1v) is 8.79. The molecule has 0 aliphatic carbocycles. The van der Waals surface area contributed by atoms with E-state index in [0.717, 1.165) is 10.4 Å². The Bertz CT molecular complexity index is 929. The van der Waals surface area contributed by atoms with Crippen LogP contribution in [0.15, 0.2) is 66.7 Å². The SMILES string of the molecule is NC(=O)Nc1sc(-c2ccc(Cl)cc2)cc1C(=O)NC1=CNC=CC=C1. The van der Waals surface area contributed by atoms with Crippen molar-refractivity contribution in [2.75, 3.05) is 5.32 Å². The zero-order valence-corrected chi connectivity index (χ0v) is 15.0. The summed E-state index contributed by atoms with van der Waals surface area (Å²) in [7, 11) is 0. The molecule has 2 heterocycles. The third kappa shape index (κ3) is 4.33. The van der Waals surface area contributed by atoms with Crippen LogP contribution in [0.3, 0.4) is 0 Å². The van der Waals surface area contributed by atoms with Gasteiger partial charge >= 0.3 is 6.03 Å². The highest BCUT2D eigenvalue weighted by atomic mass is 35.5. The Kier molecular flexibility index (Phi) is 5.40. The molecule has 0 saturated carbocycles. The number of rotatable bonds is 4. The minimum Gasteiger partial charge on any atom is -0.366 e. The highest BCUT2D eigenvalue weighted by Gasteiger charge is 2.18. The van der Waals surface area contributed by atoms with Crippen LogP contribution in [0, 0.1) is 0 Å². The monoisotopic (exact) mass is 386 g/mol. The van der Waals surface area contributed by atoms with Crippen molar-refractivity contribution >= 4 is 39.9 Å². The number of halogens is 1. The minimum atomic E-state index is -0.733. The Labute approximate surface area is 159 Å². The summed E-state index contributed by atoms with van der Waals surface area (Å²) >= 11 is 7.18. The van der Waals surface area contributed by atoms with Crippen molar-refractivity contribution < 1.29 is 9.59 Å². The lowest BCUT2D eigenvalue weighted by Crippen LogP contribution is -2.25. The van der Waals surface area contributed by atoms with Gasteiger partial charge in [-0.25, -0.2) is 4.79 Å². The highest BCUT2D eigenvalue weighted by molar-refractivity contribution is 7.20. The summed E-state index contributed by atoms with van der Waals surface area (Å²) in [6.45, 7) is 0. The van der Waals surface area contributed by atoms with E-state index in [1.807, 2.05) is 12.1 Å². The van der Waals surface area contributed by atoms with Crippen molar-refractivity contribution in [3.8, 4) is 10.4 Å². The van der Waals surface area contributed by atoms with Gasteiger partial charge < -0.3 is 16.4 Å². The van der Waals surface area contributed by atoms with Crippen molar-refractivity contribution in [3.63, 3.8) is 0 Å². The molecule has 1 aromatic carbocycles. The van der Waals surface area contributed by atoms with Crippen LogP contribution < -0.4 is 21.7 Å². The lowest BCUT2D eigenvalue weighted by Gasteiger charge is -2.06. The first kappa shape index (κ1) is 17.8. The molecule has 0 fully saturated rings. The number of anilines is 1. The Morgan fingerprint density at radius 2 is 1.88 bits per heavy atom. The number of nitrogens with one attached hydrogen (secondary N) is 3. The fraction of sp³-hybridized carbons (Fsp3) is 0. The minimum absolute atomic E-state index is 0.324. The predicted octanol–water partition coefficient (Wildman–Crippen LogP) is 3.80. The summed E-state index contributed by atoms with van der Waals surface area (Å²) in [5.74, 6) is -0.357. The second kappa shape index (κ2) is 7.90. The van der Waals surface area contributed by atoms with Gasteiger partial charge in [-0.2, -0.15) is 0 Å². The number of nitrogens with two attached hydrogens (primary N) is 1. The summed E-state index contributed by atoms with van der Waals surface area (Å²) in [6.07, 6.45) is 8.74. The van der Waals surface area contributed by atoms with E-state index in [1.165, 1.54) is 11.3 Å². The molecule has 2 aromatic rings. The van der Waals surface area contributed by atoms with Gasteiger partial charge in [-0.05, 0) is 35.9 Å². The standard InChI is InChI=1S/C18H15ClN4O2S/c19-12-6-4-11(5-7-12)15-9-14(17(26-15)23-18(20)25)16(24)22-13-3-1-2-8-21-10-13/h1-10,21H,(H,22,24)(H3,20,23,25). The normalized spacial score (nSPS) is 12.7. The average molecular weight is 387 g/mol. The molecule has 26 heavy (non-hydrogen) atoms. The summed E-state index contributed by atoms with van der Waals surface area (Å²) in [6, 6.07) is 8.19. The van der Waals surface area contributed by atoms with E-state index in [-0.39, 0.29) is 5.91 Å². The molecule has 3 rings (SSSR count). The van der Waals surface area contributed by atoms with Gasteiger partial charge in [0.2, 0.25) is 0 Å². The number of carbonyl (C=O) groups is 2. The van der Waals surface area contributed by atoms with Crippen molar-refractivity contribution in [3.05, 3.63) is 77.2 Å². The maximum atomic E-state index is 12.7. The van der Waals surface area contributed by atoms with Gasteiger partial charge in [0.1, 0.15) is 5.00 Å². The Balaban J connectivity index is 1.91. The molecule has 0 spiro atoms. The Hall–Kier alpha value is -3.03. The molecule has 0 radical (unpaired) electrons. The number of primary amides is 1. The summed E-state index contributed by atoms with van der Waals surface area (Å²) in [4.78, 5) is 24.8. The molecule has 8 heteroatoms. The lowest BCUT2D eigenvalue weighted by molar-refractivity contribution is 0.0968. The molecular weight excluding hydrogens is 372 g/mol. The van der Waals surface area contributed by atoms with Gasteiger partial charge in [-0.15, -0.1) is 11.3 Å². The maximum absolute atomic E-state index is 12.7. The Morgan fingerprint density at radius 3 is 2.62 bits per heavy atom. The van der Waals surface area contributed by atoms with Gasteiger partial charge in [-0.3, -0.25) is 10.1 Å². The number of thiophene rings is 1. The molecule has 6 nitrogen and oxygen atoms in total. The first-order valence-electron chi connectivity index (χ1n) is 7.60. The second-order valence-corrected chi connectivity index (χ2v) is 6.78. The predicted molar refractivity (Wildman–Crippen MR) is 105 cm³/mol. The summed E-state index contributed by atoms with van der Waals surface area (Å²) < 4.78 is 0. The molecule has 1 aromatic heterocycles. The van der Waals surface area contributed by atoms with Crippen molar-refractivity contribution in [2.24, 2.45) is 5.73 Å². The number of benzene rings is 1. The second-order valence-electron chi connectivity index (χ2n) is 5.29. The van der Waals surface area contributed by atoms with E-state index < -0.39 is 6.03 Å². The molecule has 3 amide bonds. The lowest BCUT2D eigenvalue weighted by atomic mass is 10.1. The van der Waals surface area contributed by atoms with Crippen LogP contribution in [0.25, 0.3) is 10.4 Å². The quantitative estimate of drug-likeness (QED) is 0.643. The van der Waals surface area contributed by atoms with E-state index in [9.17, 15) is 9.59 Å². The molecule has 0 bridgehead atoms. The van der Waals surface area contributed by atoms with Crippen molar-refractivity contribution in [1.29, 1.82) is 0 Å². The van der Waals surface area contributed by atoms with Crippen LogP contribution in [0.1, 0.15) is 10.4 Å². The number of allylic oxidation sites excluding steroid dienone is 3. The Morgan fingerprint density at radius 1 is 1.12 bits per heavy atom. The molecule has 0 saturated heterocycles. The largest absolute Gasteiger partial charge is 0.366 e. The van der Waals surface area contributed by atoms with E-state index >= 15 is 0 Å². The summed E-state index contributed by atoms with van der Waals surface area (Å²) in [5.41, 5.74) is 7.02. The topological polar surface area (TPSA) is 96.2 Å². The van der Waals surface area contributed by atoms with Crippen molar-refractivity contribution in [2.45, 2.75) is 0 Å². The molecule has 1 aliphatic rings. The molecule has 0 atom stereocenters. The van der Waals surface area contributed by atoms with Crippen LogP contribution in [-0.4, -0.2) is 11.9 Å². The number of hydrogen-bond donors (Lipinski definition) is 4. The van der Waals surface area contributed by atoms with Crippen LogP contribution in [0.5, 0.6) is 0 Å². The molecular formula is C18H15ClN4O2S. The van der Waals surface area contributed by atoms with Gasteiger partial charge in [0.25, 0.3) is 5.91 Å². The third-order valence-electron chi connectivity index (χ3n) is 3.42. The van der Waals surface area contributed by atoms with E-state index in [1.54, 1.807) is 48.8 Å². The molecule has 0 unspecified atom stereocenters. The van der Waals surface area contributed by atoms with Gasteiger partial charge in [0.05, 0.1) is 11.3 Å². The average Bonchev–Trinajstić information content (AvgIpc) is 2.84. The third-order valence-corrected chi connectivity index (χ3v) is 4.77. The van der Waals surface area contributed by atoms with Gasteiger partial charge in [-0.1, -0.05) is 29.8 Å². The molecule has 1 aliphatic heterocycles. The van der Waals surface area contributed by atoms with E-state index in [0.29, 0.717) is 21.3 Å². The van der Waals surface area contributed by atoms with Crippen LogP contribution in [0.2, 0.25) is 5.02 Å². The number of amides is 3. The number of carbonyl (C=O) groups excluding carboxylic acids is 2. The van der Waals surface area contributed by atoms with Crippen LogP contribution in [0.4, 0.5) is 9.80 Å². The smallest absolute Gasteiger partial charge is 0.317 e. The molecule has 132 valence electrons. The first-order chi connectivity index (χ1) is 12.5.